The first-order valence-corrected chi connectivity index (χ1v) is 10.2. The number of hydroxylamine groups is 2. The Morgan fingerprint density at radius 2 is 0.816 bits per heavy atom. The lowest BCUT2D eigenvalue weighted by atomic mass is 9.85. The third kappa shape index (κ3) is 5.55. The van der Waals surface area contributed by atoms with Crippen LogP contribution in [0.25, 0.3) is 0 Å². The first-order chi connectivity index (χ1) is 17.7. The van der Waals surface area contributed by atoms with Crippen molar-refractivity contribution in [1.29, 1.82) is 0 Å². The maximum Gasteiger partial charge on any atom is 0.416 e. The van der Waals surface area contributed by atoms with Gasteiger partial charge in [0.05, 0.1) is 22.3 Å². The summed E-state index contributed by atoms with van der Waals surface area (Å²) in [6.45, 7) is 0. The van der Waals surface area contributed by atoms with E-state index in [1.165, 1.54) is 0 Å². The summed E-state index contributed by atoms with van der Waals surface area (Å²) >= 11 is 0. The fourth-order valence-corrected chi connectivity index (χ4v) is 3.47. The molecule has 8 nitrogen and oxygen atoms in total. The number of carbonyl (C=O) groups is 4. The summed E-state index contributed by atoms with van der Waals surface area (Å²) < 4.78 is 77.6. The average molecular weight is 538 g/mol. The quantitative estimate of drug-likeness (QED) is 0.266. The Morgan fingerprint density at radius 1 is 0.526 bits per heavy atom. The molecular formula is C24H12F6N2O6-2. The maximum atomic E-state index is 13.4. The van der Waals surface area contributed by atoms with Crippen molar-refractivity contribution >= 4 is 23.4 Å². The zero-order chi connectivity index (χ0) is 28.4. The number of amides is 2. The second-order valence-electron chi connectivity index (χ2n) is 7.58. The van der Waals surface area contributed by atoms with Crippen molar-refractivity contribution in [2.45, 2.75) is 12.4 Å². The van der Waals surface area contributed by atoms with E-state index in [9.17, 15) is 55.9 Å². The lowest BCUT2D eigenvalue weighted by Gasteiger charge is -2.19. The number of benzene rings is 3. The van der Waals surface area contributed by atoms with E-state index in [0.29, 0.717) is 48.5 Å². The molecule has 0 radical (unpaired) electrons. The minimum atomic E-state index is -4.77. The van der Waals surface area contributed by atoms with Gasteiger partial charge in [0, 0.05) is 22.3 Å². The summed E-state index contributed by atoms with van der Waals surface area (Å²) in [5, 5.41) is 22.2. The van der Waals surface area contributed by atoms with Crippen LogP contribution < -0.4 is 11.0 Å². The molecule has 0 fully saturated rings. The highest BCUT2D eigenvalue weighted by Gasteiger charge is 2.34. The van der Waals surface area contributed by atoms with Crippen LogP contribution in [0.2, 0.25) is 0 Å². The van der Waals surface area contributed by atoms with E-state index in [1.54, 1.807) is 0 Å². The Morgan fingerprint density at radius 3 is 1.05 bits per heavy atom. The van der Waals surface area contributed by atoms with Gasteiger partial charge in [-0.2, -0.15) is 26.3 Å². The van der Waals surface area contributed by atoms with Gasteiger partial charge in [-0.25, -0.2) is 0 Å². The van der Waals surface area contributed by atoms with E-state index in [4.69, 9.17) is 0 Å². The van der Waals surface area contributed by atoms with Gasteiger partial charge in [-0.15, -0.1) is 0 Å². The molecular weight excluding hydrogens is 526 g/mol. The largest absolute Gasteiger partial charge is 0.759 e. The summed E-state index contributed by atoms with van der Waals surface area (Å²) in [6, 6.07) is 6.40. The number of alkyl halides is 6. The smallest absolute Gasteiger partial charge is 0.416 e. The lowest BCUT2D eigenvalue weighted by Crippen LogP contribution is -2.27. The first kappa shape index (κ1) is 28.0. The molecule has 0 aliphatic heterocycles. The molecule has 0 aliphatic rings. The average Bonchev–Trinajstić information content (AvgIpc) is 2.89. The fourth-order valence-electron chi connectivity index (χ4n) is 3.47. The van der Waals surface area contributed by atoms with E-state index >= 15 is 0 Å². The van der Waals surface area contributed by atoms with Gasteiger partial charge in [0.2, 0.25) is 11.8 Å². The Labute approximate surface area is 208 Å². The third-order valence-electron chi connectivity index (χ3n) is 5.28. The summed E-state index contributed by atoms with van der Waals surface area (Å²) in [7, 11) is 0. The van der Waals surface area contributed by atoms with Crippen LogP contribution in [0, 0.1) is 10.4 Å². The van der Waals surface area contributed by atoms with Gasteiger partial charge < -0.3 is 21.4 Å². The van der Waals surface area contributed by atoms with Crippen LogP contribution in [0.3, 0.4) is 0 Å². The van der Waals surface area contributed by atoms with Gasteiger partial charge in [0.1, 0.15) is 0 Å². The number of rotatable bonds is 6. The molecule has 0 saturated carbocycles. The van der Waals surface area contributed by atoms with Crippen molar-refractivity contribution in [2.24, 2.45) is 0 Å². The SMILES string of the molecule is O=C(N[O-])c1ccc(C(=O)N[O-])c(C(=O)c2ccc(C(F)(F)F)cc2)c1C(=O)c1ccc(C(F)(F)F)cc1. The third-order valence-corrected chi connectivity index (χ3v) is 5.28. The van der Waals surface area contributed by atoms with Crippen LogP contribution in [-0.2, 0) is 12.4 Å². The van der Waals surface area contributed by atoms with Crippen molar-refractivity contribution < 1.29 is 45.5 Å². The Kier molecular flexibility index (Phi) is 7.69. The molecule has 198 valence electrons. The van der Waals surface area contributed by atoms with E-state index < -0.39 is 80.2 Å². The van der Waals surface area contributed by atoms with Crippen LogP contribution in [0.1, 0.15) is 63.7 Å². The maximum absolute atomic E-state index is 13.4. The minimum absolute atomic E-state index is 0.515. The van der Waals surface area contributed by atoms with Crippen molar-refractivity contribution in [1.82, 2.24) is 11.0 Å². The Bertz CT molecular complexity index is 1310. The summed E-state index contributed by atoms with van der Waals surface area (Å²) in [4.78, 5) is 51.3. The topological polar surface area (TPSA) is 138 Å². The second kappa shape index (κ2) is 10.4. The van der Waals surface area contributed by atoms with Gasteiger partial charge in [-0.1, -0.05) is 24.3 Å². The molecule has 2 amide bonds. The molecule has 0 bridgehead atoms. The molecule has 38 heavy (non-hydrogen) atoms. The molecule has 0 spiro atoms. The molecule has 2 N–H and O–H groups in total. The number of nitrogens with one attached hydrogen (secondary N) is 2. The molecule has 3 aromatic carbocycles. The molecule has 0 unspecified atom stereocenters. The zero-order valence-electron chi connectivity index (χ0n) is 18.5. The Balaban J connectivity index is 2.30. The van der Waals surface area contributed by atoms with Crippen molar-refractivity contribution in [3.05, 3.63) is 116 Å². The summed E-state index contributed by atoms with van der Waals surface area (Å²) in [5.41, 5.74) is -4.86. The van der Waals surface area contributed by atoms with Gasteiger partial charge in [-0.3, -0.25) is 19.2 Å². The summed E-state index contributed by atoms with van der Waals surface area (Å²) in [5.74, 6) is -5.58. The van der Waals surface area contributed by atoms with Crippen molar-refractivity contribution in [2.75, 3.05) is 0 Å². The van der Waals surface area contributed by atoms with Gasteiger partial charge in [-0.05, 0) is 36.4 Å². The van der Waals surface area contributed by atoms with Crippen LogP contribution in [0.15, 0.2) is 60.7 Å². The number of hydrogen-bond donors (Lipinski definition) is 2. The van der Waals surface area contributed by atoms with E-state index in [0.717, 1.165) is 23.1 Å². The van der Waals surface area contributed by atoms with Crippen LogP contribution in [0.4, 0.5) is 26.3 Å². The molecule has 14 heteroatoms. The minimum Gasteiger partial charge on any atom is -0.759 e. The summed E-state index contributed by atoms with van der Waals surface area (Å²) in [6.07, 6.45) is -9.55. The second-order valence-corrected chi connectivity index (χ2v) is 7.58. The lowest BCUT2D eigenvalue weighted by molar-refractivity contribution is -0.138. The molecule has 0 atom stereocenters. The molecule has 3 aromatic rings. The van der Waals surface area contributed by atoms with E-state index in [1.807, 2.05) is 0 Å². The van der Waals surface area contributed by atoms with Gasteiger partial charge in [0.15, 0.2) is 11.6 Å². The van der Waals surface area contributed by atoms with E-state index in [2.05, 4.69) is 0 Å². The van der Waals surface area contributed by atoms with Crippen molar-refractivity contribution in [3.63, 3.8) is 0 Å². The molecule has 3 rings (SSSR count). The Hall–Kier alpha value is -4.56. The molecule has 0 aliphatic carbocycles. The fraction of sp³-hybridized carbons (Fsp3) is 0.0833. The predicted octanol–water partition coefficient (Wildman–Crippen LogP) is 4.64. The number of hydrogen-bond acceptors (Lipinski definition) is 6. The normalized spacial score (nSPS) is 11.6. The molecule has 0 saturated heterocycles. The highest BCUT2D eigenvalue weighted by atomic mass is 19.4. The standard InChI is InChI=1S/C24H12F6N2O6/c25-23(26,27)13-5-1-11(2-6-13)19(33)17-15(21(35)31-37)9-10-16(22(36)32-38)18(17)20(34)12-3-7-14(8-4-12)24(28,29)30/h1-10H,(H2-2,31,32,33,34,35,36,37,38)/q-2. The first-order valence-electron chi connectivity index (χ1n) is 10.2. The van der Waals surface area contributed by atoms with E-state index in [-0.39, 0.29) is 0 Å². The monoisotopic (exact) mass is 538 g/mol. The molecule has 0 heterocycles. The van der Waals surface area contributed by atoms with Crippen LogP contribution in [-0.4, -0.2) is 23.4 Å². The highest BCUT2D eigenvalue weighted by molar-refractivity contribution is 6.26. The van der Waals surface area contributed by atoms with Gasteiger partial charge in [0.25, 0.3) is 0 Å². The number of halogens is 6. The number of carbonyl (C=O) groups excluding carboxylic acids is 4. The van der Waals surface area contributed by atoms with Crippen LogP contribution >= 0.6 is 0 Å². The number of ketones is 2. The van der Waals surface area contributed by atoms with Crippen molar-refractivity contribution in [3.8, 4) is 0 Å². The predicted molar refractivity (Wildman–Crippen MR) is 118 cm³/mol. The van der Waals surface area contributed by atoms with Crippen LogP contribution in [0.5, 0.6) is 0 Å². The van der Waals surface area contributed by atoms with Gasteiger partial charge >= 0.3 is 12.4 Å². The molecule has 0 aromatic heterocycles. The highest BCUT2D eigenvalue weighted by Crippen LogP contribution is 2.32. The zero-order valence-corrected chi connectivity index (χ0v) is 18.5.